The number of aromatic nitrogens is 2. The van der Waals surface area contributed by atoms with Crippen molar-refractivity contribution in [3.63, 3.8) is 0 Å². The molecule has 1 N–H and O–H groups in total. The maximum atomic E-state index is 13.3. The van der Waals surface area contributed by atoms with E-state index in [1.165, 1.54) is 5.56 Å². The highest BCUT2D eigenvalue weighted by atomic mass is 16.4. The fourth-order valence-corrected chi connectivity index (χ4v) is 4.86. The molecular formula is C28H23N3O2. The van der Waals surface area contributed by atoms with Crippen LogP contribution in [0.1, 0.15) is 40.8 Å². The molecule has 0 bridgehead atoms. The fourth-order valence-electron chi connectivity index (χ4n) is 4.86. The zero-order valence-corrected chi connectivity index (χ0v) is 18.5. The van der Waals surface area contributed by atoms with Crippen LogP contribution in [-0.2, 0) is 6.42 Å². The van der Waals surface area contributed by atoms with Gasteiger partial charge in [0.25, 0.3) is 0 Å². The van der Waals surface area contributed by atoms with Crippen LogP contribution in [0, 0.1) is 6.92 Å². The summed E-state index contributed by atoms with van der Waals surface area (Å²) in [5.74, 6) is 0.604. The lowest BCUT2D eigenvalue weighted by molar-refractivity contribution is 0.548. The van der Waals surface area contributed by atoms with Gasteiger partial charge in [0.05, 0.1) is 22.6 Å². The number of hydrogen-bond acceptors (Lipinski definition) is 4. The average molecular weight is 434 g/mol. The second kappa shape index (κ2) is 7.48. The van der Waals surface area contributed by atoms with E-state index in [0.29, 0.717) is 11.1 Å². The van der Waals surface area contributed by atoms with Crippen molar-refractivity contribution in [3.8, 4) is 5.69 Å². The molecule has 0 spiro atoms. The molecule has 5 aromatic rings. The maximum absolute atomic E-state index is 13.3. The summed E-state index contributed by atoms with van der Waals surface area (Å²) >= 11 is 0. The van der Waals surface area contributed by atoms with Gasteiger partial charge >= 0.3 is 5.63 Å². The summed E-state index contributed by atoms with van der Waals surface area (Å²) in [4.78, 5) is 13.3. The monoisotopic (exact) mass is 433 g/mol. The Labute approximate surface area is 191 Å². The first-order valence-corrected chi connectivity index (χ1v) is 11.2. The summed E-state index contributed by atoms with van der Waals surface area (Å²) in [5, 5.41) is 9.34. The van der Waals surface area contributed by atoms with E-state index in [0.717, 1.165) is 45.8 Å². The lowest BCUT2D eigenvalue weighted by Crippen LogP contribution is -2.23. The summed E-state index contributed by atoms with van der Waals surface area (Å²) in [6, 6.07) is 26.2. The maximum Gasteiger partial charge on any atom is 0.342 e. The minimum absolute atomic E-state index is 0.277. The van der Waals surface area contributed by atoms with E-state index in [9.17, 15) is 4.79 Å². The van der Waals surface area contributed by atoms with Crippen LogP contribution in [0.3, 0.4) is 0 Å². The molecule has 162 valence electrons. The Kier molecular flexibility index (Phi) is 4.44. The van der Waals surface area contributed by atoms with Crippen LogP contribution in [0.4, 0.5) is 11.5 Å². The van der Waals surface area contributed by atoms with Gasteiger partial charge in [-0.05, 0) is 48.7 Å². The Bertz CT molecular complexity index is 1550. The summed E-state index contributed by atoms with van der Waals surface area (Å²) in [7, 11) is 0. The highest BCUT2D eigenvalue weighted by Crippen LogP contribution is 2.47. The van der Waals surface area contributed by atoms with Crippen LogP contribution in [-0.4, -0.2) is 9.78 Å². The van der Waals surface area contributed by atoms with Gasteiger partial charge in [0.1, 0.15) is 11.4 Å². The SMILES string of the molecule is CCc1ccc(C2c3c(C)nn(-c4ccccc4)c3Nc3c2c(=O)oc2ccccc32)cc1. The molecule has 0 aliphatic carbocycles. The van der Waals surface area contributed by atoms with E-state index < -0.39 is 0 Å². The van der Waals surface area contributed by atoms with E-state index in [-0.39, 0.29) is 11.5 Å². The summed E-state index contributed by atoms with van der Waals surface area (Å²) in [5.41, 5.74) is 6.81. The quantitative estimate of drug-likeness (QED) is 0.343. The van der Waals surface area contributed by atoms with Crippen LogP contribution in [0.2, 0.25) is 0 Å². The van der Waals surface area contributed by atoms with Gasteiger partial charge in [-0.1, -0.05) is 61.5 Å². The van der Waals surface area contributed by atoms with Crippen molar-refractivity contribution < 1.29 is 4.42 Å². The van der Waals surface area contributed by atoms with Crippen LogP contribution >= 0.6 is 0 Å². The third-order valence-electron chi connectivity index (χ3n) is 6.50. The third kappa shape index (κ3) is 3.00. The predicted octanol–water partition coefficient (Wildman–Crippen LogP) is 6.09. The molecule has 1 atom stereocenters. The largest absolute Gasteiger partial charge is 0.422 e. The van der Waals surface area contributed by atoms with Gasteiger partial charge in [-0.2, -0.15) is 5.10 Å². The average Bonchev–Trinajstić information content (AvgIpc) is 3.19. The summed E-state index contributed by atoms with van der Waals surface area (Å²) < 4.78 is 7.72. The number of nitrogens with zero attached hydrogens (tertiary/aromatic N) is 2. The van der Waals surface area contributed by atoms with Gasteiger partial charge in [-0.15, -0.1) is 0 Å². The topological polar surface area (TPSA) is 60.1 Å². The Morgan fingerprint density at radius 2 is 1.67 bits per heavy atom. The van der Waals surface area contributed by atoms with Gasteiger partial charge in [-0.3, -0.25) is 0 Å². The molecule has 1 aliphatic heterocycles. The van der Waals surface area contributed by atoms with Crippen LogP contribution in [0.25, 0.3) is 16.7 Å². The van der Waals surface area contributed by atoms with Crippen molar-refractivity contribution in [2.75, 3.05) is 5.32 Å². The first-order chi connectivity index (χ1) is 16.2. The molecule has 1 aliphatic rings. The Morgan fingerprint density at radius 3 is 2.42 bits per heavy atom. The minimum Gasteiger partial charge on any atom is -0.422 e. The summed E-state index contributed by atoms with van der Waals surface area (Å²) in [6.45, 7) is 4.14. The molecule has 3 heterocycles. The number of hydrogen-bond donors (Lipinski definition) is 1. The normalized spacial score (nSPS) is 14.5. The highest BCUT2D eigenvalue weighted by Gasteiger charge is 2.36. The summed E-state index contributed by atoms with van der Waals surface area (Å²) in [6.07, 6.45) is 0.964. The van der Waals surface area contributed by atoms with E-state index in [1.54, 1.807) is 0 Å². The van der Waals surface area contributed by atoms with E-state index in [2.05, 4.69) is 36.5 Å². The van der Waals surface area contributed by atoms with Gasteiger partial charge in [0.15, 0.2) is 0 Å². The Morgan fingerprint density at radius 1 is 0.939 bits per heavy atom. The minimum atomic E-state index is -0.321. The number of fused-ring (bicyclic) bond motifs is 4. The first kappa shape index (κ1) is 19.6. The van der Waals surface area contributed by atoms with Crippen LogP contribution in [0.15, 0.2) is 88.1 Å². The molecule has 1 unspecified atom stereocenters. The molecule has 5 nitrogen and oxygen atoms in total. The van der Waals surface area contributed by atoms with Gasteiger partial charge < -0.3 is 9.73 Å². The molecule has 5 heteroatoms. The molecule has 6 rings (SSSR count). The van der Waals surface area contributed by atoms with E-state index in [1.807, 2.05) is 66.2 Å². The molecular weight excluding hydrogens is 410 g/mol. The lowest BCUT2D eigenvalue weighted by atomic mass is 9.81. The molecule has 3 aromatic carbocycles. The lowest BCUT2D eigenvalue weighted by Gasteiger charge is -2.28. The van der Waals surface area contributed by atoms with Crippen LogP contribution in [0.5, 0.6) is 0 Å². The first-order valence-electron chi connectivity index (χ1n) is 11.2. The van der Waals surface area contributed by atoms with Crippen molar-refractivity contribution in [1.29, 1.82) is 0 Å². The molecule has 33 heavy (non-hydrogen) atoms. The molecule has 0 saturated carbocycles. The number of anilines is 2. The van der Waals surface area contributed by atoms with Gasteiger partial charge in [0.2, 0.25) is 0 Å². The second-order valence-electron chi connectivity index (χ2n) is 8.42. The fraction of sp³-hybridized carbons (Fsp3) is 0.143. The van der Waals surface area contributed by atoms with E-state index >= 15 is 0 Å². The van der Waals surface area contributed by atoms with Crippen molar-refractivity contribution in [2.45, 2.75) is 26.2 Å². The van der Waals surface area contributed by atoms with Gasteiger partial charge in [0, 0.05) is 16.9 Å². The zero-order chi connectivity index (χ0) is 22.5. The number of nitrogens with one attached hydrogen (secondary N) is 1. The van der Waals surface area contributed by atoms with Crippen LogP contribution < -0.4 is 10.9 Å². The second-order valence-corrected chi connectivity index (χ2v) is 8.42. The highest BCUT2D eigenvalue weighted by molar-refractivity contribution is 5.96. The number of para-hydroxylation sites is 2. The molecule has 0 radical (unpaired) electrons. The number of rotatable bonds is 3. The molecule has 0 amide bonds. The number of aryl methyl sites for hydroxylation is 2. The van der Waals surface area contributed by atoms with E-state index in [4.69, 9.17) is 9.52 Å². The molecule has 0 saturated heterocycles. The Balaban J connectivity index is 1.68. The van der Waals surface area contributed by atoms with Crippen molar-refractivity contribution in [1.82, 2.24) is 9.78 Å². The van der Waals surface area contributed by atoms with Crippen molar-refractivity contribution in [2.24, 2.45) is 0 Å². The smallest absolute Gasteiger partial charge is 0.342 e. The van der Waals surface area contributed by atoms with Crippen molar-refractivity contribution >= 4 is 22.5 Å². The van der Waals surface area contributed by atoms with Crippen molar-refractivity contribution in [3.05, 3.63) is 117 Å². The molecule has 2 aromatic heterocycles. The predicted molar refractivity (Wildman–Crippen MR) is 131 cm³/mol. The molecule has 0 fully saturated rings. The van der Waals surface area contributed by atoms with Gasteiger partial charge in [-0.25, -0.2) is 9.48 Å². The Hall–Kier alpha value is -4.12. The number of benzene rings is 3. The zero-order valence-electron chi connectivity index (χ0n) is 18.5. The standard InChI is InChI=1S/C28H23N3O2/c1-3-18-13-15-19(16-14-18)24-23-17(2)30-31(20-9-5-4-6-10-20)27(23)29-26-21-11-7-8-12-22(21)33-28(32)25(24)26/h4-16,24,29H,3H2,1-2H3. The third-order valence-corrected chi connectivity index (χ3v) is 6.50.